The van der Waals surface area contributed by atoms with Crippen molar-refractivity contribution in [1.29, 1.82) is 0 Å². The Labute approximate surface area is 128 Å². The highest BCUT2D eigenvalue weighted by molar-refractivity contribution is 9.10. The van der Waals surface area contributed by atoms with Crippen LogP contribution in [0.1, 0.15) is 36.8 Å². The lowest BCUT2D eigenvalue weighted by Gasteiger charge is -2.14. The molecule has 0 saturated heterocycles. The fourth-order valence-electron chi connectivity index (χ4n) is 2.14. The van der Waals surface area contributed by atoms with Gasteiger partial charge < -0.3 is 10.5 Å². The van der Waals surface area contributed by atoms with Crippen LogP contribution >= 0.6 is 15.9 Å². The van der Waals surface area contributed by atoms with Crippen molar-refractivity contribution in [2.45, 2.75) is 40.0 Å². The van der Waals surface area contributed by atoms with Gasteiger partial charge in [0.15, 0.2) is 0 Å². The molecule has 1 atom stereocenters. The van der Waals surface area contributed by atoms with Crippen molar-refractivity contribution in [3.63, 3.8) is 0 Å². The average molecular weight is 338 g/mol. The monoisotopic (exact) mass is 337 g/mol. The first-order valence-electron chi connectivity index (χ1n) is 6.73. The van der Waals surface area contributed by atoms with Crippen LogP contribution in [-0.4, -0.2) is 9.78 Å². The van der Waals surface area contributed by atoms with E-state index in [0.717, 1.165) is 33.7 Å². The standard InChI is InChI=1S/C15H20BrN3O/c1-4-19-13(15(16)11(3)18-19)9-20-14-8-6-5-7-12(14)10(2)17/h5-8,10H,4,9,17H2,1-3H3/t10-/m0/s1. The Balaban J connectivity index is 2.21. The summed E-state index contributed by atoms with van der Waals surface area (Å²) in [6.07, 6.45) is 0. The molecule has 0 saturated carbocycles. The number of halogens is 1. The van der Waals surface area contributed by atoms with Crippen molar-refractivity contribution in [3.8, 4) is 5.75 Å². The summed E-state index contributed by atoms with van der Waals surface area (Å²) >= 11 is 3.57. The third kappa shape index (κ3) is 3.04. The highest BCUT2D eigenvalue weighted by atomic mass is 79.9. The molecule has 1 aromatic carbocycles. The molecular formula is C15H20BrN3O. The summed E-state index contributed by atoms with van der Waals surface area (Å²) in [6.45, 7) is 7.30. The molecule has 20 heavy (non-hydrogen) atoms. The van der Waals surface area contributed by atoms with Gasteiger partial charge in [-0.25, -0.2) is 0 Å². The predicted molar refractivity (Wildman–Crippen MR) is 83.7 cm³/mol. The molecule has 0 bridgehead atoms. The Morgan fingerprint density at radius 2 is 2.10 bits per heavy atom. The molecule has 4 nitrogen and oxygen atoms in total. The van der Waals surface area contributed by atoms with E-state index in [1.165, 1.54) is 0 Å². The maximum absolute atomic E-state index is 5.97. The molecule has 0 aliphatic carbocycles. The number of para-hydroxylation sites is 1. The quantitative estimate of drug-likeness (QED) is 0.907. The molecule has 1 heterocycles. The van der Waals surface area contributed by atoms with Crippen molar-refractivity contribution < 1.29 is 4.74 Å². The summed E-state index contributed by atoms with van der Waals surface area (Å²) < 4.78 is 8.91. The van der Waals surface area contributed by atoms with E-state index in [2.05, 4.69) is 28.0 Å². The predicted octanol–water partition coefficient (Wildman–Crippen LogP) is 3.57. The zero-order valence-electron chi connectivity index (χ0n) is 12.1. The molecular weight excluding hydrogens is 318 g/mol. The SMILES string of the molecule is CCn1nc(C)c(Br)c1COc1ccccc1[C@H](C)N. The number of aromatic nitrogens is 2. The zero-order chi connectivity index (χ0) is 14.7. The first-order valence-corrected chi connectivity index (χ1v) is 7.53. The van der Waals surface area contributed by atoms with Gasteiger partial charge in [-0.1, -0.05) is 18.2 Å². The second-order valence-corrected chi connectivity index (χ2v) is 5.57. The van der Waals surface area contributed by atoms with E-state index >= 15 is 0 Å². The van der Waals surface area contributed by atoms with E-state index in [-0.39, 0.29) is 6.04 Å². The summed E-state index contributed by atoms with van der Waals surface area (Å²) in [7, 11) is 0. The molecule has 1 aromatic heterocycles. The van der Waals surface area contributed by atoms with E-state index < -0.39 is 0 Å². The molecule has 0 unspecified atom stereocenters. The van der Waals surface area contributed by atoms with Crippen LogP contribution in [0, 0.1) is 6.92 Å². The van der Waals surface area contributed by atoms with E-state index in [4.69, 9.17) is 10.5 Å². The molecule has 108 valence electrons. The largest absolute Gasteiger partial charge is 0.487 e. The number of aryl methyl sites for hydroxylation is 2. The molecule has 0 fully saturated rings. The van der Waals surface area contributed by atoms with Gasteiger partial charge in [-0.05, 0) is 42.8 Å². The van der Waals surface area contributed by atoms with Crippen molar-refractivity contribution in [2.24, 2.45) is 5.73 Å². The lowest BCUT2D eigenvalue weighted by atomic mass is 10.1. The second kappa shape index (κ2) is 6.41. The number of nitrogens with two attached hydrogens (primary N) is 1. The van der Waals surface area contributed by atoms with Crippen LogP contribution in [0.5, 0.6) is 5.75 Å². The third-order valence-electron chi connectivity index (χ3n) is 3.23. The number of rotatable bonds is 5. The minimum absolute atomic E-state index is 0.0486. The Morgan fingerprint density at radius 3 is 2.75 bits per heavy atom. The Bertz CT molecular complexity index is 593. The van der Waals surface area contributed by atoms with Gasteiger partial charge in [-0.15, -0.1) is 0 Å². The molecule has 0 amide bonds. The van der Waals surface area contributed by atoms with Gasteiger partial charge in [0.1, 0.15) is 12.4 Å². The molecule has 0 spiro atoms. The van der Waals surface area contributed by atoms with Gasteiger partial charge in [0, 0.05) is 18.2 Å². The molecule has 0 aliphatic rings. The number of hydrogen-bond donors (Lipinski definition) is 1. The smallest absolute Gasteiger partial charge is 0.131 e. The molecule has 0 aliphatic heterocycles. The van der Waals surface area contributed by atoms with Gasteiger partial charge >= 0.3 is 0 Å². The number of benzene rings is 1. The van der Waals surface area contributed by atoms with Crippen LogP contribution in [0.25, 0.3) is 0 Å². The van der Waals surface area contributed by atoms with E-state index in [9.17, 15) is 0 Å². The summed E-state index contributed by atoms with van der Waals surface area (Å²) in [5, 5.41) is 4.46. The summed E-state index contributed by atoms with van der Waals surface area (Å²) in [6, 6.07) is 7.83. The maximum Gasteiger partial charge on any atom is 0.131 e. The van der Waals surface area contributed by atoms with Crippen LogP contribution < -0.4 is 10.5 Å². The third-order valence-corrected chi connectivity index (χ3v) is 4.26. The summed E-state index contributed by atoms with van der Waals surface area (Å²) in [5.74, 6) is 0.830. The van der Waals surface area contributed by atoms with Crippen LogP contribution in [0.2, 0.25) is 0 Å². The van der Waals surface area contributed by atoms with E-state index in [1.807, 2.05) is 42.8 Å². The zero-order valence-corrected chi connectivity index (χ0v) is 13.6. The van der Waals surface area contributed by atoms with Crippen LogP contribution in [-0.2, 0) is 13.2 Å². The Kier molecular flexibility index (Phi) is 4.83. The fraction of sp³-hybridized carbons (Fsp3) is 0.400. The van der Waals surface area contributed by atoms with E-state index in [1.54, 1.807) is 0 Å². The highest BCUT2D eigenvalue weighted by Crippen LogP contribution is 2.26. The van der Waals surface area contributed by atoms with Crippen molar-refractivity contribution in [2.75, 3.05) is 0 Å². The Morgan fingerprint density at radius 1 is 1.40 bits per heavy atom. The molecule has 5 heteroatoms. The van der Waals surface area contributed by atoms with E-state index in [0.29, 0.717) is 6.61 Å². The minimum atomic E-state index is -0.0486. The van der Waals surface area contributed by atoms with Crippen molar-refractivity contribution in [1.82, 2.24) is 9.78 Å². The number of nitrogens with zero attached hydrogens (tertiary/aromatic N) is 2. The van der Waals surface area contributed by atoms with Gasteiger partial charge in [0.25, 0.3) is 0 Å². The second-order valence-electron chi connectivity index (χ2n) is 4.78. The summed E-state index contributed by atoms with van der Waals surface area (Å²) in [4.78, 5) is 0. The Hall–Kier alpha value is -1.33. The number of ether oxygens (including phenoxy) is 1. The normalized spacial score (nSPS) is 12.4. The van der Waals surface area contributed by atoms with Gasteiger partial charge in [0.2, 0.25) is 0 Å². The van der Waals surface area contributed by atoms with Crippen LogP contribution in [0.3, 0.4) is 0 Å². The molecule has 2 rings (SSSR count). The lowest BCUT2D eigenvalue weighted by Crippen LogP contribution is -2.10. The first-order chi connectivity index (χ1) is 9.54. The van der Waals surface area contributed by atoms with Crippen LogP contribution in [0.4, 0.5) is 0 Å². The molecule has 2 N–H and O–H groups in total. The van der Waals surface area contributed by atoms with Crippen molar-refractivity contribution in [3.05, 3.63) is 45.7 Å². The number of hydrogen-bond acceptors (Lipinski definition) is 3. The first kappa shape index (κ1) is 15.1. The summed E-state index contributed by atoms with van der Waals surface area (Å²) in [5.41, 5.74) is 9.01. The van der Waals surface area contributed by atoms with Crippen molar-refractivity contribution >= 4 is 15.9 Å². The lowest BCUT2D eigenvalue weighted by molar-refractivity contribution is 0.287. The molecule has 0 radical (unpaired) electrons. The van der Waals surface area contributed by atoms with Gasteiger partial charge in [0.05, 0.1) is 15.9 Å². The fourth-order valence-corrected chi connectivity index (χ4v) is 2.54. The maximum atomic E-state index is 5.97. The van der Waals surface area contributed by atoms with Gasteiger partial charge in [-0.3, -0.25) is 4.68 Å². The molecule has 2 aromatic rings. The minimum Gasteiger partial charge on any atom is -0.487 e. The topological polar surface area (TPSA) is 53.1 Å². The highest BCUT2D eigenvalue weighted by Gasteiger charge is 2.14. The van der Waals surface area contributed by atoms with Gasteiger partial charge in [-0.2, -0.15) is 5.10 Å². The van der Waals surface area contributed by atoms with Crippen LogP contribution in [0.15, 0.2) is 28.7 Å². The average Bonchev–Trinajstić information content (AvgIpc) is 2.72.